The van der Waals surface area contributed by atoms with Crippen LogP contribution in [-0.4, -0.2) is 51.0 Å². The molecule has 0 aromatic carbocycles. The van der Waals surface area contributed by atoms with Crippen LogP contribution in [0.15, 0.2) is 44.9 Å². The summed E-state index contributed by atoms with van der Waals surface area (Å²) in [6.45, 7) is 6.18. The maximum atomic E-state index is 6.82. The maximum absolute atomic E-state index is 6.82. The Morgan fingerprint density at radius 3 is 2.55 bits per heavy atom. The molecule has 1 saturated heterocycles. The molecule has 4 fully saturated rings. The van der Waals surface area contributed by atoms with Gasteiger partial charge in [-0.05, 0) is 62.2 Å². The van der Waals surface area contributed by atoms with Gasteiger partial charge in [0.25, 0.3) is 0 Å². The van der Waals surface area contributed by atoms with E-state index in [1.54, 1.807) is 33.6 Å². The lowest BCUT2D eigenvalue weighted by Crippen LogP contribution is -2.41. The molecule has 0 amide bonds. The van der Waals surface area contributed by atoms with Crippen LogP contribution >= 0.6 is 0 Å². The molecule has 1 heterocycles. The fourth-order valence-corrected chi connectivity index (χ4v) is 9.52. The average molecular weight is 450 g/mol. The number of hydrogen-bond donors (Lipinski definition) is 0. The van der Waals surface area contributed by atoms with Gasteiger partial charge in [0, 0.05) is 55.1 Å². The molecule has 7 rings (SSSR count). The Labute approximate surface area is 198 Å². The second-order valence-corrected chi connectivity index (χ2v) is 11.5. The second-order valence-electron chi connectivity index (χ2n) is 11.5. The molecule has 0 N–H and O–H groups in total. The van der Waals surface area contributed by atoms with E-state index in [1.807, 2.05) is 14.2 Å². The van der Waals surface area contributed by atoms with Gasteiger partial charge in [0.2, 0.25) is 0 Å². The smallest absolute Gasteiger partial charge is 0.122 e. The van der Waals surface area contributed by atoms with Gasteiger partial charge in [0.05, 0.1) is 20.3 Å². The first-order chi connectivity index (χ1) is 16.2. The lowest BCUT2D eigenvalue weighted by molar-refractivity contribution is -0.00971. The molecule has 0 radical (unpaired) electrons. The van der Waals surface area contributed by atoms with Gasteiger partial charge in [-0.2, -0.15) is 0 Å². The Morgan fingerprint density at radius 1 is 0.939 bits per heavy atom. The van der Waals surface area contributed by atoms with Crippen molar-refractivity contribution in [1.82, 2.24) is 4.90 Å². The van der Waals surface area contributed by atoms with E-state index < -0.39 is 0 Å². The van der Waals surface area contributed by atoms with Crippen LogP contribution in [0.4, 0.5) is 0 Å². The van der Waals surface area contributed by atoms with Crippen LogP contribution in [0, 0.1) is 17.3 Å². The van der Waals surface area contributed by atoms with Crippen molar-refractivity contribution in [3.05, 3.63) is 44.9 Å². The minimum atomic E-state index is -0.251. The van der Waals surface area contributed by atoms with E-state index >= 15 is 0 Å². The van der Waals surface area contributed by atoms with Gasteiger partial charge in [-0.1, -0.05) is 30.4 Å². The number of ether oxygens (including phenoxy) is 3. The number of morpholine rings is 1. The number of hydrogen-bond acceptors (Lipinski definition) is 4. The average Bonchev–Trinajstić information content (AvgIpc) is 3.42. The van der Waals surface area contributed by atoms with Crippen molar-refractivity contribution in [1.29, 1.82) is 0 Å². The molecular weight excluding hydrogens is 410 g/mol. The fourth-order valence-electron chi connectivity index (χ4n) is 9.52. The first-order valence-electron chi connectivity index (χ1n) is 13.5. The van der Waals surface area contributed by atoms with E-state index in [2.05, 4.69) is 11.8 Å². The topological polar surface area (TPSA) is 30.9 Å². The molecule has 178 valence electrons. The third kappa shape index (κ3) is 2.35. The normalized spacial score (nSPS) is 39.8. The van der Waals surface area contributed by atoms with Crippen molar-refractivity contribution >= 4 is 0 Å². The zero-order valence-corrected chi connectivity index (χ0v) is 20.7. The summed E-state index contributed by atoms with van der Waals surface area (Å²) in [6.07, 6.45) is 12.7. The van der Waals surface area contributed by atoms with E-state index in [4.69, 9.17) is 14.2 Å². The number of nitrogens with zero attached hydrogens (tertiary/aromatic N) is 1. The number of fused-ring (bicyclic) bond motifs is 4. The molecule has 6 aliphatic carbocycles. The van der Waals surface area contributed by atoms with Gasteiger partial charge < -0.3 is 19.1 Å². The Hall–Kier alpha value is -1.52. The zero-order chi connectivity index (χ0) is 22.4. The largest absolute Gasteiger partial charge is 0.500 e. The van der Waals surface area contributed by atoms with Gasteiger partial charge in [-0.15, -0.1) is 0 Å². The number of methoxy groups -OCH3 is 2. The standard InChI is InChI=1S/C29H39NO3/c1-18-16-22-21(17-23(18)30-12-14-33-15-13-30)28-11-7-6-10-24(28)29(22,32-3)26-25(28)19-8-4-5-9-20(19)27(26)31-2/h20,24H,4-17H2,1-3H3/t20-,24+,28-,29-/m0/s1. The van der Waals surface area contributed by atoms with Crippen LogP contribution in [-0.2, 0) is 14.2 Å². The van der Waals surface area contributed by atoms with Crippen LogP contribution in [0.25, 0.3) is 0 Å². The molecule has 7 aliphatic rings. The summed E-state index contributed by atoms with van der Waals surface area (Å²) in [5.74, 6) is 2.36. The van der Waals surface area contributed by atoms with Crippen LogP contribution < -0.4 is 0 Å². The highest BCUT2D eigenvalue weighted by molar-refractivity contribution is 5.74. The molecule has 4 atom stereocenters. The van der Waals surface area contributed by atoms with Gasteiger partial charge in [-0.25, -0.2) is 0 Å². The van der Waals surface area contributed by atoms with Crippen molar-refractivity contribution in [3.63, 3.8) is 0 Å². The summed E-state index contributed by atoms with van der Waals surface area (Å²) in [5.41, 5.74) is 11.4. The Bertz CT molecular complexity index is 1030. The molecule has 0 unspecified atom stereocenters. The highest BCUT2D eigenvalue weighted by Crippen LogP contribution is 2.79. The Morgan fingerprint density at radius 2 is 1.76 bits per heavy atom. The summed E-state index contributed by atoms with van der Waals surface area (Å²) in [5, 5.41) is 0. The van der Waals surface area contributed by atoms with Crippen molar-refractivity contribution in [2.75, 3.05) is 40.5 Å². The number of allylic oxidation sites excluding steroid dienone is 3. The highest BCUT2D eigenvalue weighted by Gasteiger charge is 2.74. The van der Waals surface area contributed by atoms with Crippen molar-refractivity contribution in [2.45, 2.75) is 76.7 Å². The second kappa shape index (κ2) is 7.24. The van der Waals surface area contributed by atoms with Crippen LogP contribution in [0.2, 0.25) is 0 Å². The summed E-state index contributed by atoms with van der Waals surface area (Å²) in [7, 11) is 3.92. The van der Waals surface area contributed by atoms with Crippen molar-refractivity contribution < 1.29 is 14.2 Å². The maximum Gasteiger partial charge on any atom is 0.122 e. The SMILES string of the molecule is COC1=C2C(=C3CCCC[C@@H]31)[C@]13CCCC[C@H]1[C@@]2(OC)C1=C3CC(N2CCOCC2)=C(C)C1. The summed E-state index contributed by atoms with van der Waals surface area (Å²) in [6, 6.07) is 0. The third-order valence-corrected chi connectivity index (χ3v) is 10.5. The van der Waals surface area contributed by atoms with E-state index in [-0.39, 0.29) is 11.0 Å². The molecule has 0 spiro atoms. The van der Waals surface area contributed by atoms with E-state index in [1.165, 1.54) is 62.7 Å². The molecule has 4 nitrogen and oxygen atoms in total. The monoisotopic (exact) mass is 449 g/mol. The quantitative estimate of drug-likeness (QED) is 0.519. The van der Waals surface area contributed by atoms with Gasteiger partial charge in [0.15, 0.2) is 0 Å². The molecule has 3 saturated carbocycles. The Kier molecular flexibility index (Phi) is 4.57. The molecule has 2 bridgehead atoms. The van der Waals surface area contributed by atoms with Crippen molar-refractivity contribution in [3.8, 4) is 0 Å². The van der Waals surface area contributed by atoms with Crippen molar-refractivity contribution in [2.24, 2.45) is 17.3 Å². The predicted octanol–water partition coefficient (Wildman–Crippen LogP) is 5.67. The fraction of sp³-hybridized carbons (Fsp3) is 0.724. The van der Waals surface area contributed by atoms with Crippen LogP contribution in [0.1, 0.15) is 71.1 Å². The van der Waals surface area contributed by atoms with Gasteiger partial charge >= 0.3 is 0 Å². The van der Waals surface area contributed by atoms with E-state index in [0.29, 0.717) is 11.8 Å². The summed E-state index contributed by atoms with van der Waals surface area (Å²) < 4.78 is 18.8. The zero-order valence-electron chi connectivity index (χ0n) is 20.7. The van der Waals surface area contributed by atoms with Crippen LogP contribution in [0.5, 0.6) is 0 Å². The molecular formula is C29H39NO3. The summed E-state index contributed by atoms with van der Waals surface area (Å²) in [4.78, 5) is 2.63. The van der Waals surface area contributed by atoms with E-state index in [0.717, 1.165) is 39.1 Å². The predicted molar refractivity (Wildman–Crippen MR) is 129 cm³/mol. The lowest BCUT2D eigenvalue weighted by atomic mass is 9.61. The first kappa shape index (κ1) is 20.8. The third-order valence-electron chi connectivity index (χ3n) is 10.5. The minimum absolute atomic E-state index is 0.197. The first-order valence-corrected chi connectivity index (χ1v) is 13.5. The lowest BCUT2D eigenvalue weighted by Gasteiger charge is -2.44. The molecule has 1 aliphatic heterocycles. The molecule has 0 aromatic rings. The van der Waals surface area contributed by atoms with Gasteiger partial charge in [0.1, 0.15) is 11.4 Å². The summed E-state index contributed by atoms with van der Waals surface area (Å²) >= 11 is 0. The molecule has 4 heteroatoms. The highest BCUT2D eigenvalue weighted by atomic mass is 16.5. The van der Waals surface area contributed by atoms with Crippen LogP contribution in [0.3, 0.4) is 0 Å². The van der Waals surface area contributed by atoms with E-state index in [9.17, 15) is 0 Å². The minimum Gasteiger partial charge on any atom is -0.500 e. The molecule has 33 heavy (non-hydrogen) atoms. The Balaban J connectivity index is 1.44. The molecule has 0 aromatic heterocycles. The number of rotatable bonds is 3. The van der Waals surface area contributed by atoms with Gasteiger partial charge in [-0.3, -0.25) is 0 Å².